The Morgan fingerprint density at radius 3 is 1.43 bits per heavy atom. The van der Waals surface area contributed by atoms with Crippen LogP contribution in [0.3, 0.4) is 0 Å². The normalized spacial score (nSPS) is 11.9. The first kappa shape index (κ1) is 85.5. The average Bonchev–Trinajstić information content (AvgIpc) is 1.55. The molecule has 0 aliphatic carbocycles. The lowest BCUT2D eigenvalue weighted by Crippen LogP contribution is -2.24. The van der Waals surface area contributed by atoms with Crippen LogP contribution >= 0.6 is 11.8 Å². The molecule has 33 heteroatoms. The highest BCUT2D eigenvalue weighted by atomic mass is 32.2. The van der Waals surface area contributed by atoms with E-state index >= 15 is 0 Å². The number of H-pyrrole nitrogens is 10. The summed E-state index contributed by atoms with van der Waals surface area (Å²) in [5, 5.41) is 8.55. The summed E-state index contributed by atoms with van der Waals surface area (Å²) in [6, 6.07) is 29.7. The fourth-order valence-corrected chi connectivity index (χ4v) is 13.8. The molecule has 6 heterocycles. The molecule has 109 heavy (non-hydrogen) atoms. The number of rotatable bonds is 32. The largest absolute Gasteiger partial charge is 0.481 e. The molecule has 12 rings (SSSR count). The number of ether oxygens (including phenoxy) is 1. The number of hydrogen-bond acceptors (Lipinski definition) is 18. The minimum absolute atomic E-state index is 0.0189. The highest BCUT2D eigenvalue weighted by Crippen LogP contribution is 2.28. The number of fused-ring (bicyclic) bond motifs is 6. The molecule has 0 atom stereocenters. The number of hydrogen-bond donors (Lipinski definition) is 13. The molecule has 0 unspecified atom stereocenters. The van der Waals surface area contributed by atoms with Gasteiger partial charge in [-0.3, -0.25) is 33.1 Å². The number of esters is 1. The molecule has 0 fully saturated rings. The third kappa shape index (κ3) is 27.2. The Hall–Kier alpha value is -10.7. The molecule has 0 bridgehead atoms. The first-order chi connectivity index (χ1) is 52.2. The number of thioether (sulfide) groups is 1. The minimum Gasteiger partial charge on any atom is -0.481 e. The lowest BCUT2D eigenvalue weighted by Gasteiger charge is -2.06. The van der Waals surface area contributed by atoms with E-state index in [1.165, 1.54) is 54.9 Å². The number of nitrogens with two attached hydrogens (primary N) is 1. The number of imidazole rings is 5. The van der Waals surface area contributed by atoms with Crippen molar-refractivity contribution in [2.45, 2.75) is 173 Å². The molecule has 11 aromatic rings. The van der Waals surface area contributed by atoms with Gasteiger partial charge in [0.1, 0.15) is 11.6 Å². The van der Waals surface area contributed by atoms with Crippen LogP contribution in [0.25, 0.3) is 55.2 Å². The van der Waals surface area contributed by atoms with Crippen molar-refractivity contribution in [3.8, 4) is 5.75 Å². The van der Waals surface area contributed by atoms with Gasteiger partial charge in [0.25, 0.3) is 10.1 Å². The molecule has 0 radical (unpaired) electrons. The van der Waals surface area contributed by atoms with Crippen LogP contribution in [0.15, 0.2) is 148 Å². The number of aliphatic imine (C=N–C) groups is 1. The van der Waals surface area contributed by atoms with Gasteiger partial charge in [0.15, 0.2) is 11.6 Å². The van der Waals surface area contributed by atoms with Gasteiger partial charge in [0.2, 0.25) is 15.1 Å². The van der Waals surface area contributed by atoms with Gasteiger partial charge in [-0.15, -0.1) is 0 Å². The summed E-state index contributed by atoms with van der Waals surface area (Å²) >= 11 is 1.34. The average molecular weight is 1560 g/mol. The molecular formula is C76H95N13O17S3. The third-order valence-corrected chi connectivity index (χ3v) is 20.6. The third-order valence-electron chi connectivity index (χ3n) is 16.8. The fourth-order valence-electron chi connectivity index (χ4n) is 10.9. The van der Waals surface area contributed by atoms with Crippen LogP contribution in [-0.4, -0.2) is 132 Å². The number of carbonyl (C=O) groups excluding carboxylic acids is 4. The smallest absolute Gasteiger partial charge is 0.323 e. The summed E-state index contributed by atoms with van der Waals surface area (Å²) in [7, 11) is -7.27. The summed E-state index contributed by atoms with van der Waals surface area (Å²) in [6.45, 7) is 11.8. The predicted octanol–water partition coefficient (Wildman–Crippen LogP) is 12.0. The molecule has 0 amide bonds. The van der Waals surface area contributed by atoms with Gasteiger partial charge in [-0.25, -0.2) is 37.1 Å². The van der Waals surface area contributed by atoms with Gasteiger partial charge < -0.3 is 65.4 Å². The first-order valence-electron chi connectivity index (χ1n) is 36.3. The molecule has 5 aromatic heterocycles. The van der Waals surface area contributed by atoms with E-state index in [1.807, 2.05) is 25.1 Å². The van der Waals surface area contributed by atoms with Gasteiger partial charge in [0, 0.05) is 65.9 Å². The molecular weight excluding hydrogens is 1460 g/mol. The van der Waals surface area contributed by atoms with Gasteiger partial charge in [-0.05, 0) is 148 Å². The second kappa shape index (κ2) is 42.7. The maximum Gasteiger partial charge on any atom is 0.323 e. The zero-order valence-electron chi connectivity index (χ0n) is 61.6. The number of aromatic nitrogens is 10. The molecule has 0 spiro atoms. The van der Waals surface area contributed by atoms with Gasteiger partial charge in [-0.1, -0.05) is 111 Å². The van der Waals surface area contributed by atoms with Crippen molar-refractivity contribution < 1.29 is 54.8 Å². The van der Waals surface area contributed by atoms with Gasteiger partial charge >= 0.3 is 40.4 Å². The fraction of sp³-hybridized carbons (Fsp3) is 0.382. The predicted molar refractivity (Wildman–Crippen MR) is 423 cm³/mol. The topological polar surface area (TPSA) is 486 Å². The van der Waals surface area contributed by atoms with Crippen molar-refractivity contribution in [3.63, 3.8) is 0 Å². The Labute approximate surface area is 631 Å². The molecule has 1 aliphatic heterocycles. The zero-order valence-corrected chi connectivity index (χ0v) is 64.0. The number of unbranched alkanes of at least 4 members (excludes halogenated alkanes) is 10. The number of benzene rings is 6. The quantitative estimate of drug-likeness (QED) is 0.00354. The molecule has 0 saturated heterocycles. The standard InChI is InChI=1S/C15H18O3.C13H16N2O2S.C12H16N4O.C12H17N3O3S.C12H16N2O4S.C12H12N2O4/c1-2-3-4-5-6-13(16)11-7-8-14-12(9-11)10-15(17)18-14;1-2-3-4-7-18-12(16)9-5-6-10-11(8-9)15-13(17)14-10;1-2-3-6-14-11(13)8-4-5-9-10(7-8)16-12(17)15-9;1-2-3-4-7-13-19(17,18)9-5-6-10-11(8-9)15-12(16)14-10;1-2-3-4-7-18-19(16,17)9-5-6-10-11(8-9)14-12(15)13-10;15-10(2-1-3-11(16)17)7-4-5-8-9(6-7)14-12(18)13-8/h7-9H,2-6,10H2,1H3;5-6,8H,2-4,7H2,1H3,(H2,14,15,17);4-5,7H,2-3,6H2,1H3,(H2,13,14)(H2,15,16,17);5-6,8,13H,2-4,7H2,1H3,(H2,14,15,16);5-6,8H,2-4,7H2,1H3,(H2,13,14,15);4-6H,1-3H2,(H,16,17)(H2,13,14,18). The van der Waals surface area contributed by atoms with E-state index in [0.29, 0.717) is 92.7 Å². The van der Waals surface area contributed by atoms with Crippen molar-refractivity contribution in [1.82, 2.24) is 54.6 Å². The number of ketones is 2. The van der Waals surface area contributed by atoms with Crippen molar-refractivity contribution in [2.75, 3.05) is 25.4 Å². The van der Waals surface area contributed by atoms with E-state index in [2.05, 4.69) is 87.2 Å². The summed E-state index contributed by atoms with van der Waals surface area (Å²) in [4.78, 5) is 143. The summed E-state index contributed by atoms with van der Waals surface area (Å²) in [5.41, 5.74) is 14.1. The Bertz CT molecular complexity index is 5350. The van der Waals surface area contributed by atoms with E-state index in [4.69, 9.17) is 19.8 Å². The Balaban J connectivity index is 0.000000182. The number of carboxylic acid groups (broad SMARTS) is 1. The van der Waals surface area contributed by atoms with E-state index in [-0.39, 0.29) is 86.8 Å². The monoisotopic (exact) mass is 1560 g/mol. The minimum atomic E-state index is -3.76. The van der Waals surface area contributed by atoms with Gasteiger partial charge in [0.05, 0.1) is 78.0 Å². The Kier molecular flexibility index (Phi) is 33.5. The number of aliphatic carboxylic acids is 1. The van der Waals surface area contributed by atoms with Crippen LogP contribution in [0.5, 0.6) is 5.75 Å². The molecule has 584 valence electrons. The number of nitrogens with zero attached hydrogens (tertiary/aromatic N) is 1. The maximum atomic E-state index is 12.0. The number of sulfonamides is 1. The van der Waals surface area contributed by atoms with Crippen LogP contribution in [0, 0.1) is 0 Å². The highest BCUT2D eigenvalue weighted by molar-refractivity contribution is 8.14. The molecule has 1 aliphatic rings. The van der Waals surface area contributed by atoms with Crippen LogP contribution < -0.4 is 43.6 Å². The second-order valence-corrected chi connectivity index (χ2v) is 30.0. The van der Waals surface area contributed by atoms with Crippen LogP contribution in [0.2, 0.25) is 0 Å². The molecule has 0 saturated carbocycles. The van der Waals surface area contributed by atoms with E-state index in [9.17, 15) is 64.8 Å². The Morgan fingerprint density at radius 1 is 0.468 bits per heavy atom. The van der Waals surface area contributed by atoms with Crippen LogP contribution in [-0.2, 0) is 40.3 Å². The number of Topliss-reactive ketones (excluding diaryl/α,β-unsaturated/α-hetero) is 2. The van der Waals surface area contributed by atoms with Crippen LogP contribution in [0.1, 0.15) is 199 Å². The van der Waals surface area contributed by atoms with Gasteiger partial charge in [-0.2, -0.15) is 8.42 Å². The molecule has 14 N–H and O–H groups in total. The number of amidine groups is 1. The summed E-state index contributed by atoms with van der Waals surface area (Å²) < 4.78 is 60.4. The number of aromatic amines is 10. The first-order valence-corrected chi connectivity index (χ1v) is 40.2. The molecule has 6 aromatic carbocycles. The SMILES string of the molecule is CCCCCCC(=O)c1ccc2c(c1)CC(=O)O2.CCCCCNS(=O)(=O)c1ccc2[nH]c(=O)[nH]c2c1.CCCCCOS(=O)(=O)c1ccc2[nH]c(=O)[nH]c2c1.CCCCCSC(=O)c1ccc2[nH]c(=O)[nH]c2c1.CCCCN=C(N)c1ccc2[nH]c(=O)[nH]c2c1.O=C(O)CCCC(=O)c1ccc2[nH]c(=O)[nH]c2c1. The van der Waals surface area contributed by atoms with Crippen molar-refractivity contribution in [1.29, 1.82) is 0 Å². The van der Waals surface area contributed by atoms with E-state index in [0.717, 1.165) is 117 Å². The zero-order chi connectivity index (χ0) is 79.0. The summed E-state index contributed by atoms with van der Waals surface area (Å²) in [5.74, 6) is 0.859. The van der Waals surface area contributed by atoms with E-state index < -0.39 is 26.1 Å². The van der Waals surface area contributed by atoms with E-state index in [1.54, 1.807) is 60.7 Å². The second-order valence-electron chi connectivity index (χ2n) is 25.5. The maximum absolute atomic E-state index is 12.0. The van der Waals surface area contributed by atoms with Crippen molar-refractivity contribution >= 4 is 122 Å². The molecule has 30 nitrogen and oxygen atoms in total. The van der Waals surface area contributed by atoms with Crippen molar-refractivity contribution in [2.24, 2.45) is 10.7 Å². The lowest BCUT2D eigenvalue weighted by atomic mass is 10.0. The van der Waals surface area contributed by atoms with Crippen molar-refractivity contribution in [3.05, 3.63) is 189 Å². The van der Waals surface area contributed by atoms with Crippen LogP contribution in [0.4, 0.5) is 0 Å². The summed E-state index contributed by atoms with van der Waals surface area (Å²) in [6.07, 6.45) is 16.8. The lowest BCUT2D eigenvalue weighted by molar-refractivity contribution is -0.137. The number of nitrogens with one attached hydrogen (secondary N) is 11. The Morgan fingerprint density at radius 2 is 0.890 bits per heavy atom. The number of carboxylic acids is 1. The number of carbonyl (C=O) groups is 5. The highest BCUT2D eigenvalue weighted by Gasteiger charge is 2.22.